The van der Waals surface area contributed by atoms with E-state index in [1.165, 1.54) is 24.0 Å². The molecule has 12 heteroatoms. The highest BCUT2D eigenvalue weighted by Crippen LogP contribution is 2.34. The van der Waals surface area contributed by atoms with Gasteiger partial charge >= 0.3 is 6.18 Å². The number of alkyl halides is 3. The molecule has 0 aliphatic heterocycles. The predicted octanol–water partition coefficient (Wildman–Crippen LogP) is 5.87. The number of imidazole rings is 1. The van der Waals surface area contributed by atoms with E-state index in [1.807, 2.05) is 0 Å². The first-order chi connectivity index (χ1) is 18.8. The lowest BCUT2D eigenvalue weighted by Gasteiger charge is -2.29. The van der Waals surface area contributed by atoms with Crippen LogP contribution >= 0.6 is 0 Å². The van der Waals surface area contributed by atoms with E-state index in [0.29, 0.717) is 34.7 Å². The van der Waals surface area contributed by atoms with E-state index in [4.69, 9.17) is 0 Å². The number of hydrogen-bond acceptors (Lipinski definition) is 4. The Bertz CT molecular complexity index is 1630. The monoisotopic (exact) mass is 579 g/mol. The van der Waals surface area contributed by atoms with Gasteiger partial charge in [0.05, 0.1) is 35.2 Å². The van der Waals surface area contributed by atoms with Gasteiger partial charge in [-0.3, -0.25) is 9.20 Å². The fourth-order valence-electron chi connectivity index (χ4n) is 4.44. The normalized spacial score (nSPS) is 13.0. The molecular formula is C28H26F5N3O3S. The lowest BCUT2D eigenvalue weighted by molar-refractivity contribution is -0.140. The number of amides is 1. The van der Waals surface area contributed by atoms with E-state index < -0.39 is 51.6 Å². The zero-order valence-corrected chi connectivity index (χ0v) is 22.4. The fourth-order valence-corrected chi connectivity index (χ4v) is 5.20. The smallest absolute Gasteiger partial charge is 0.333 e. The summed E-state index contributed by atoms with van der Waals surface area (Å²) in [7, 11) is -3.52. The average Bonchev–Trinajstić information content (AvgIpc) is 3.29. The van der Waals surface area contributed by atoms with E-state index in [0.717, 1.165) is 6.07 Å². The summed E-state index contributed by atoms with van der Waals surface area (Å²) < 4.78 is 93.7. The molecule has 212 valence electrons. The molecular weight excluding hydrogens is 553 g/mol. The van der Waals surface area contributed by atoms with Crippen LogP contribution < -0.4 is 0 Å². The number of rotatable bonds is 9. The van der Waals surface area contributed by atoms with Gasteiger partial charge < -0.3 is 4.90 Å². The Morgan fingerprint density at radius 3 is 2.40 bits per heavy atom. The summed E-state index contributed by atoms with van der Waals surface area (Å²) in [5.41, 5.74) is 0.456. The standard InChI is InChI=1S/C28H26F5N3O3S/c1-3-40(38,39)15-14-35(25(37)17-19-7-12-23(30)22(16-19)28(31,32)33)18(2)26-27(20-8-10-21(29)11-9-20)36-13-5-4-6-24(36)34-26/h4-13,16,18H,3,14-15,17H2,1-2H3/t18-/m1/s1. The zero-order chi connectivity index (χ0) is 29.2. The van der Waals surface area contributed by atoms with Crippen molar-refractivity contribution in [3.8, 4) is 11.3 Å². The van der Waals surface area contributed by atoms with Crippen molar-refractivity contribution in [1.82, 2.24) is 14.3 Å². The number of benzene rings is 2. The molecule has 0 bridgehead atoms. The van der Waals surface area contributed by atoms with Crippen molar-refractivity contribution in [2.75, 3.05) is 18.1 Å². The van der Waals surface area contributed by atoms with Crippen LogP contribution in [0.1, 0.15) is 36.7 Å². The van der Waals surface area contributed by atoms with Crippen LogP contribution in [0, 0.1) is 11.6 Å². The minimum atomic E-state index is -4.95. The maximum absolute atomic E-state index is 13.8. The number of halogens is 5. The molecule has 6 nitrogen and oxygen atoms in total. The molecule has 0 aliphatic rings. The van der Waals surface area contributed by atoms with Gasteiger partial charge in [0.2, 0.25) is 5.91 Å². The number of carbonyl (C=O) groups excluding carboxylic acids is 1. The molecule has 1 amide bonds. The van der Waals surface area contributed by atoms with Gasteiger partial charge in [0, 0.05) is 24.1 Å². The Balaban J connectivity index is 1.77. The molecule has 2 aromatic carbocycles. The number of nitrogens with zero attached hydrogens (tertiary/aromatic N) is 3. The van der Waals surface area contributed by atoms with Crippen molar-refractivity contribution in [2.45, 2.75) is 32.5 Å². The van der Waals surface area contributed by atoms with Gasteiger partial charge in [-0.25, -0.2) is 22.2 Å². The van der Waals surface area contributed by atoms with Gasteiger partial charge in [-0.1, -0.05) is 19.1 Å². The third kappa shape index (κ3) is 6.33. The summed E-state index contributed by atoms with van der Waals surface area (Å²) >= 11 is 0. The number of hydrogen-bond donors (Lipinski definition) is 0. The van der Waals surface area contributed by atoms with Crippen molar-refractivity contribution in [3.05, 3.63) is 95.3 Å². The van der Waals surface area contributed by atoms with Gasteiger partial charge in [0.15, 0.2) is 9.84 Å². The van der Waals surface area contributed by atoms with Crippen LogP contribution in [0.4, 0.5) is 22.0 Å². The number of fused-ring (bicyclic) bond motifs is 1. The number of aromatic nitrogens is 2. The largest absolute Gasteiger partial charge is 0.419 e. The second kappa shape index (κ2) is 11.4. The molecule has 0 spiro atoms. The van der Waals surface area contributed by atoms with Crippen LogP contribution in [-0.2, 0) is 27.2 Å². The maximum atomic E-state index is 13.8. The van der Waals surface area contributed by atoms with Gasteiger partial charge in [-0.05, 0) is 61.0 Å². The highest BCUT2D eigenvalue weighted by molar-refractivity contribution is 7.91. The summed E-state index contributed by atoms with van der Waals surface area (Å²) in [5, 5.41) is 0. The third-order valence-electron chi connectivity index (χ3n) is 6.63. The molecule has 2 heterocycles. The molecule has 0 unspecified atom stereocenters. The topological polar surface area (TPSA) is 71.8 Å². The van der Waals surface area contributed by atoms with Gasteiger partial charge in [0.1, 0.15) is 17.3 Å². The molecule has 0 N–H and O–H groups in total. The first-order valence-corrected chi connectivity index (χ1v) is 14.2. The summed E-state index contributed by atoms with van der Waals surface area (Å²) in [6.45, 7) is 2.86. The Morgan fingerprint density at radius 2 is 1.75 bits per heavy atom. The lowest BCUT2D eigenvalue weighted by atomic mass is 10.0. The minimum absolute atomic E-state index is 0.0805. The third-order valence-corrected chi connectivity index (χ3v) is 8.32. The second-order valence-corrected chi connectivity index (χ2v) is 11.7. The highest BCUT2D eigenvalue weighted by Gasteiger charge is 2.35. The number of carbonyl (C=O) groups is 1. The highest BCUT2D eigenvalue weighted by atomic mass is 32.2. The van der Waals surface area contributed by atoms with Crippen molar-refractivity contribution in [2.24, 2.45) is 0 Å². The Kier molecular flexibility index (Phi) is 8.29. The molecule has 0 saturated carbocycles. The summed E-state index contributed by atoms with van der Waals surface area (Å²) in [5.74, 6) is -3.12. The van der Waals surface area contributed by atoms with Crippen molar-refractivity contribution < 1.29 is 35.2 Å². The quantitative estimate of drug-likeness (QED) is 0.233. The lowest BCUT2D eigenvalue weighted by Crippen LogP contribution is -2.38. The van der Waals surface area contributed by atoms with Gasteiger partial charge in [0.25, 0.3) is 0 Å². The zero-order valence-electron chi connectivity index (χ0n) is 21.6. The van der Waals surface area contributed by atoms with Gasteiger partial charge in [-0.15, -0.1) is 0 Å². The van der Waals surface area contributed by atoms with Gasteiger partial charge in [-0.2, -0.15) is 13.2 Å². The first-order valence-electron chi connectivity index (χ1n) is 12.4. The SMILES string of the molecule is CCS(=O)(=O)CCN(C(=O)Cc1ccc(F)c(C(F)(F)F)c1)[C@H](C)c1nc2ccccn2c1-c1ccc(F)cc1. The van der Waals surface area contributed by atoms with Crippen molar-refractivity contribution in [1.29, 1.82) is 0 Å². The van der Waals surface area contributed by atoms with E-state index in [1.54, 1.807) is 47.9 Å². The summed E-state index contributed by atoms with van der Waals surface area (Å²) in [6, 6.07) is 12.4. The molecule has 40 heavy (non-hydrogen) atoms. The molecule has 4 rings (SSSR count). The van der Waals surface area contributed by atoms with E-state index in [-0.39, 0.29) is 23.6 Å². The molecule has 0 aliphatic carbocycles. The van der Waals surface area contributed by atoms with Crippen LogP contribution in [0.5, 0.6) is 0 Å². The van der Waals surface area contributed by atoms with Crippen LogP contribution in [0.25, 0.3) is 16.9 Å². The van der Waals surface area contributed by atoms with Crippen LogP contribution in [0.15, 0.2) is 66.9 Å². The van der Waals surface area contributed by atoms with Crippen LogP contribution in [0.3, 0.4) is 0 Å². The molecule has 0 fully saturated rings. The molecule has 0 saturated heterocycles. The predicted molar refractivity (Wildman–Crippen MR) is 140 cm³/mol. The molecule has 2 aromatic heterocycles. The molecule has 1 atom stereocenters. The van der Waals surface area contributed by atoms with E-state index in [9.17, 15) is 35.2 Å². The maximum Gasteiger partial charge on any atom is 0.419 e. The Morgan fingerprint density at radius 1 is 1.05 bits per heavy atom. The Labute approximate surface area is 228 Å². The van der Waals surface area contributed by atoms with Crippen molar-refractivity contribution >= 4 is 21.4 Å². The number of sulfone groups is 1. The van der Waals surface area contributed by atoms with Crippen LogP contribution in [-0.4, -0.2) is 46.7 Å². The minimum Gasteiger partial charge on any atom is -0.333 e. The Hall–Kier alpha value is -3.80. The van der Waals surface area contributed by atoms with Crippen molar-refractivity contribution in [3.63, 3.8) is 0 Å². The van der Waals surface area contributed by atoms with Crippen LogP contribution in [0.2, 0.25) is 0 Å². The number of pyridine rings is 1. The first kappa shape index (κ1) is 29.2. The summed E-state index contributed by atoms with van der Waals surface area (Å²) in [6.07, 6.45) is -3.74. The molecule has 4 aromatic rings. The average molecular weight is 580 g/mol. The molecule has 0 radical (unpaired) electrons. The van der Waals surface area contributed by atoms with E-state index in [2.05, 4.69) is 4.98 Å². The fraction of sp³-hybridized carbons (Fsp3) is 0.286. The van der Waals surface area contributed by atoms with E-state index >= 15 is 0 Å². The second-order valence-electron chi connectivity index (χ2n) is 9.27. The summed E-state index contributed by atoms with van der Waals surface area (Å²) in [4.78, 5) is 19.5.